The second-order valence-electron chi connectivity index (χ2n) is 13.6. The molecule has 0 aromatic heterocycles. The number of ether oxygens (including phenoxy) is 1. The van der Waals surface area contributed by atoms with Crippen molar-refractivity contribution in [1.82, 2.24) is 5.32 Å². The molecule has 0 spiro atoms. The Hall–Kier alpha value is -0.810. The minimum absolute atomic E-state index is 0.182. The Bertz CT molecular complexity index is 753. The smallest absolute Gasteiger partial charge is 0.407 e. The summed E-state index contributed by atoms with van der Waals surface area (Å²) >= 11 is 0. The zero-order valence-electron chi connectivity index (χ0n) is 22.5. The van der Waals surface area contributed by atoms with Crippen LogP contribution in [0, 0.1) is 46.3 Å². The first-order valence-corrected chi connectivity index (χ1v) is 15.1. The number of fused-ring (bicyclic) bond motifs is 5. The van der Waals surface area contributed by atoms with Crippen LogP contribution in [0.3, 0.4) is 0 Å². The third-order valence-electron chi connectivity index (χ3n) is 12.2. The lowest BCUT2D eigenvalue weighted by Crippen LogP contribution is -2.62. The van der Waals surface area contributed by atoms with Gasteiger partial charge >= 0.3 is 6.09 Å². The van der Waals surface area contributed by atoms with E-state index in [4.69, 9.17) is 4.74 Å². The van der Waals surface area contributed by atoms with Crippen LogP contribution in [0.4, 0.5) is 4.79 Å². The first kappa shape index (κ1) is 25.8. The van der Waals surface area contributed by atoms with Gasteiger partial charge in [-0.3, -0.25) is 0 Å². The number of carbonyl (C=O) groups excluding carboxylic acids is 1. The standard InChI is InChI=1S/C30H51NO4/c1-4-22-25-18-21(32)13-15-30(25,3)24-14-16-29(2)19(11-12-23(29)26(24)27(22)33)8-7-17-35-28(34)31-20-9-5-6-10-20/h19-27,32-33H,4-18H2,1-3H3,(H,31,34)/t19-,21+,22+,23-,24-,25-,26-,27+,29+,30+/m0/s1. The van der Waals surface area contributed by atoms with Gasteiger partial charge in [0.15, 0.2) is 0 Å². The van der Waals surface area contributed by atoms with Gasteiger partial charge in [-0.15, -0.1) is 0 Å². The average Bonchev–Trinajstić information content (AvgIpc) is 3.45. The van der Waals surface area contributed by atoms with Gasteiger partial charge in [-0.05, 0) is 117 Å². The monoisotopic (exact) mass is 489 g/mol. The Balaban J connectivity index is 1.21. The summed E-state index contributed by atoms with van der Waals surface area (Å²) in [6, 6.07) is 0.315. The van der Waals surface area contributed by atoms with Gasteiger partial charge < -0.3 is 20.3 Å². The Morgan fingerprint density at radius 3 is 2.40 bits per heavy atom. The number of amides is 1. The van der Waals surface area contributed by atoms with Crippen molar-refractivity contribution in [1.29, 1.82) is 0 Å². The molecule has 0 heterocycles. The van der Waals surface area contributed by atoms with Crippen LogP contribution in [0.2, 0.25) is 0 Å². The van der Waals surface area contributed by atoms with E-state index in [2.05, 4.69) is 26.1 Å². The fourth-order valence-corrected chi connectivity index (χ4v) is 10.3. The maximum Gasteiger partial charge on any atom is 0.407 e. The number of aliphatic hydroxyl groups is 2. The second-order valence-corrected chi connectivity index (χ2v) is 13.6. The Labute approximate surface area is 213 Å². The highest BCUT2D eigenvalue weighted by molar-refractivity contribution is 5.67. The van der Waals surface area contributed by atoms with Crippen LogP contribution < -0.4 is 5.32 Å². The fraction of sp³-hybridized carbons (Fsp3) is 0.967. The van der Waals surface area contributed by atoms with Crippen molar-refractivity contribution in [3.05, 3.63) is 0 Å². The molecular formula is C30H51NO4. The van der Waals surface area contributed by atoms with Crippen molar-refractivity contribution < 1.29 is 19.7 Å². The van der Waals surface area contributed by atoms with Crippen LogP contribution >= 0.6 is 0 Å². The van der Waals surface area contributed by atoms with Crippen LogP contribution in [0.5, 0.6) is 0 Å². The predicted octanol–water partition coefficient (Wildman–Crippen LogP) is 6.06. The van der Waals surface area contributed by atoms with E-state index in [1.165, 1.54) is 38.5 Å². The molecular weight excluding hydrogens is 438 g/mol. The molecule has 3 N–H and O–H groups in total. The van der Waals surface area contributed by atoms with Gasteiger partial charge in [0.25, 0.3) is 0 Å². The van der Waals surface area contributed by atoms with E-state index in [0.717, 1.165) is 51.4 Å². The minimum Gasteiger partial charge on any atom is -0.450 e. The van der Waals surface area contributed by atoms with E-state index in [9.17, 15) is 15.0 Å². The highest BCUT2D eigenvalue weighted by Crippen LogP contribution is 2.69. The van der Waals surface area contributed by atoms with Gasteiger partial charge in [-0.1, -0.05) is 40.0 Å². The number of rotatable bonds is 6. The number of hydrogen-bond donors (Lipinski definition) is 3. The van der Waals surface area contributed by atoms with Crippen molar-refractivity contribution in [3.8, 4) is 0 Å². The molecule has 0 saturated heterocycles. The molecule has 0 aromatic rings. The maximum absolute atomic E-state index is 12.1. The predicted molar refractivity (Wildman–Crippen MR) is 138 cm³/mol. The molecule has 35 heavy (non-hydrogen) atoms. The molecule has 1 amide bonds. The highest BCUT2D eigenvalue weighted by atomic mass is 16.5. The minimum atomic E-state index is -0.232. The quantitative estimate of drug-likeness (QED) is 0.396. The molecule has 5 aliphatic carbocycles. The average molecular weight is 490 g/mol. The van der Waals surface area contributed by atoms with Gasteiger partial charge in [0, 0.05) is 6.04 Å². The number of carbonyl (C=O) groups is 1. The molecule has 0 radical (unpaired) electrons. The summed E-state index contributed by atoms with van der Waals surface area (Å²) < 4.78 is 5.53. The summed E-state index contributed by atoms with van der Waals surface area (Å²) in [6.07, 6.45) is 15.0. The Kier molecular flexibility index (Phi) is 7.49. The maximum atomic E-state index is 12.1. The van der Waals surface area contributed by atoms with Crippen LogP contribution in [0.15, 0.2) is 0 Å². The fourth-order valence-electron chi connectivity index (χ4n) is 10.3. The van der Waals surface area contributed by atoms with Gasteiger partial charge in [0.05, 0.1) is 18.8 Å². The molecule has 5 saturated carbocycles. The zero-order valence-corrected chi connectivity index (χ0v) is 22.5. The van der Waals surface area contributed by atoms with Crippen LogP contribution in [0.1, 0.15) is 111 Å². The third-order valence-corrected chi connectivity index (χ3v) is 12.2. The Morgan fingerprint density at radius 1 is 0.943 bits per heavy atom. The van der Waals surface area contributed by atoms with Crippen molar-refractivity contribution >= 4 is 6.09 Å². The topological polar surface area (TPSA) is 78.8 Å². The normalized spacial score (nSPS) is 47.6. The zero-order chi connectivity index (χ0) is 24.8. The molecule has 5 aliphatic rings. The van der Waals surface area contributed by atoms with Crippen molar-refractivity contribution in [3.63, 3.8) is 0 Å². The molecule has 10 atom stereocenters. The van der Waals surface area contributed by atoms with E-state index >= 15 is 0 Å². The summed E-state index contributed by atoms with van der Waals surface area (Å²) in [5.41, 5.74) is 0.563. The summed E-state index contributed by atoms with van der Waals surface area (Å²) in [5, 5.41) is 25.3. The van der Waals surface area contributed by atoms with Crippen LogP contribution in [-0.2, 0) is 4.74 Å². The molecule has 0 bridgehead atoms. The summed E-state index contributed by atoms with van der Waals surface area (Å²) in [6.45, 7) is 7.80. The summed E-state index contributed by atoms with van der Waals surface area (Å²) in [5.74, 6) is 3.06. The molecule has 0 aliphatic heterocycles. The van der Waals surface area contributed by atoms with E-state index < -0.39 is 0 Å². The molecule has 0 unspecified atom stereocenters. The van der Waals surface area contributed by atoms with Crippen molar-refractivity contribution in [2.45, 2.75) is 129 Å². The van der Waals surface area contributed by atoms with Gasteiger partial charge in [-0.25, -0.2) is 4.79 Å². The first-order chi connectivity index (χ1) is 16.8. The lowest BCUT2D eigenvalue weighted by atomic mass is 9.41. The summed E-state index contributed by atoms with van der Waals surface area (Å²) in [7, 11) is 0. The number of aliphatic hydroxyl groups excluding tert-OH is 2. The second kappa shape index (κ2) is 10.2. The van der Waals surface area contributed by atoms with Crippen molar-refractivity contribution in [2.24, 2.45) is 46.3 Å². The van der Waals surface area contributed by atoms with Crippen LogP contribution in [-0.4, -0.2) is 41.2 Å². The molecule has 5 heteroatoms. The third kappa shape index (κ3) is 4.56. The van der Waals surface area contributed by atoms with Crippen molar-refractivity contribution in [2.75, 3.05) is 6.61 Å². The Morgan fingerprint density at radius 2 is 1.66 bits per heavy atom. The molecule has 0 aromatic carbocycles. The van der Waals surface area contributed by atoms with Gasteiger partial charge in [0.2, 0.25) is 0 Å². The SMILES string of the molecule is CC[C@H]1[C@@H](O)[C@@H]2[C@H](CC[C@]3(C)[C@@H](CCCOC(=O)NC4CCCC4)CC[C@@H]23)[C@@]2(C)CC[C@@H](O)C[C@@H]12. The van der Waals surface area contributed by atoms with E-state index in [1.54, 1.807) is 0 Å². The molecule has 5 fully saturated rings. The largest absolute Gasteiger partial charge is 0.450 e. The first-order valence-electron chi connectivity index (χ1n) is 15.1. The van der Waals surface area contributed by atoms with E-state index in [-0.39, 0.29) is 23.7 Å². The molecule has 5 nitrogen and oxygen atoms in total. The molecule has 5 rings (SSSR count). The number of nitrogens with one attached hydrogen (secondary N) is 1. The van der Waals surface area contributed by atoms with E-state index in [1.807, 2.05) is 0 Å². The highest BCUT2D eigenvalue weighted by Gasteiger charge is 2.64. The van der Waals surface area contributed by atoms with E-state index in [0.29, 0.717) is 53.6 Å². The van der Waals surface area contributed by atoms with Crippen LogP contribution in [0.25, 0.3) is 0 Å². The number of alkyl carbamates (subject to hydrolysis) is 1. The summed E-state index contributed by atoms with van der Waals surface area (Å²) in [4.78, 5) is 12.1. The lowest BCUT2D eigenvalue weighted by Gasteiger charge is -2.64. The molecule has 200 valence electrons. The lowest BCUT2D eigenvalue weighted by molar-refractivity contribution is -0.202. The van der Waals surface area contributed by atoms with Gasteiger partial charge in [0.1, 0.15) is 0 Å². The number of hydrogen-bond acceptors (Lipinski definition) is 4. The van der Waals surface area contributed by atoms with Gasteiger partial charge in [-0.2, -0.15) is 0 Å².